The van der Waals surface area contributed by atoms with Crippen LogP contribution in [-0.2, 0) is 19.9 Å². The normalized spacial score (nSPS) is 16.8. The van der Waals surface area contributed by atoms with Gasteiger partial charge in [-0.05, 0) is 32.2 Å². The third-order valence-electron chi connectivity index (χ3n) is 3.70. The first kappa shape index (κ1) is 13.0. The summed E-state index contributed by atoms with van der Waals surface area (Å²) in [5.74, 6) is 0.662. The van der Waals surface area contributed by atoms with Gasteiger partial charge in [0, 0.05) is 19.5 Å². The molecule has 18 heavy (non-hydrogen) atoms. The highest BCUT2D eigenvalue weighted by Crippen LogP contribution is 2.35. The lowest BCUT2D eigenvalue weighted by molar-refractivity contribution is -0.386. The molecule has 1 aromatic rings. The van der Waals surface area contributed by atoms with E-state index in [1.54, 1.807) is 11.7 Å². The molecule has 1 aliphatic carbocycles. The lowest BCUT2D eigenvalue weighted by atomic mass is 10.1. The minimum absolute atomic E-state index is 0.209. The second-order valence-electron chi connectivity index (χ2n) is 4.91. The first-order chi connectivity index (χ1) is 8.58. The van der Waals surface area contributed by atoms with Gasteiger partial charge in [0.05, 0.1) is 4.92 Å². The Morgan fingerprint density at radius 3 is 2.72 bits per heavy atom. The van der Waals surface area contributed by atoms with Crippen molar-refractivity contribution in [1.29, 1.82) is 0 Å². The Bertz CT molecular complexity index is 451. The van der Waals surface area contributed by atoms with Crippen LogP contribution in [0.3, 0.4) is 0 Å². The van der Waals surface area contributed by atoms with E-state index in [0.717, 1.165) is 5.69 Å². The molecule has 1 heterocycles. The molecule has 100 valence electrons. The SMILES string of the molecule is CCc1nn(C)c(CC(NC)C2CC2)c1[N+](=O)[O-]. The van der Waals surface area contributed by atoms with Gasteiger partial charge in [0.1, 0.15) is 11.4 Å². The van der Waals surface area contributed by atoms with Gasteiger partial charge < -0.3 is 5.32 Å². The van der Waals surface area contributed by atoms with Gasteiger partial charge in [-0.25, -0.2) is 0 Å². The molecule has 1 atom stereocenters. The van der Waals surface area contributed by atoms with Crippen molar-refractivity contribution in [3.63, 3.8) is 0 Å². The zero-order valence-electron chi connectivity index (χ0n) is 11.1. The highest BCUT2D eigenvalue weighted by Gasteiger charge is 2.34. The van der Waals surface area contributed by atoms with Crippen LogP contribution in [0.2, 0.25) is 0 Å². The molecule has 6 heteroatoms. The summed E-state index contributed by atoms with van der Waals surface area (Å²) in [7, 11) is 3.72. The van der Waals surface area contributed by atoms with Crippen molar-refractivity contribution in [3.05, 3.63) is 21.5 Å². The summed E-state index contributed by atoms with van der Waals surface area (Å²) >= 11 is 0. The minimum Gasteiger partial charge on any atom is -0.316 e. The lowest BCUT2D eigenvalue weighted by Crippen LogP contribution is -2.30. The van der Waals surface area contributed by atoms with Crippen LogP contribution < -0.4 is 5.32 Å². The quantitative estimate of drug-likeness (QED) is 0.614. The van der Waals surface area contributed by atoms with E-state index in [4.69, 9.17) is 0 Å². The fourth-order valence-corrected chi connectivity index (χ4v) is 2.50. The predicted molar refractivity (Wildman–Crippen MR) is 68.5 cm³/mol. The molecular weight excluding hydrogens is 232 g/mol. The Morgan fingerprint density at radius 2 is 2.28 bits per heavy atom. The molecule has 1 N–H and O–H groups in total. The molecular formula is C12H20N4O2. The summed E-state index contributed by atoms with van der Waals surface area (Å²) in [6.07, 6.45) is 3.72. The first-order valence-corrected chi connectivity index (χ1v) is 6.44. The van der Waals surface area contributed by atoms with Gasteiger partial charge in [-0.3, -0.25) is 14.8 Å². The van der Waals surface area contributed by atoms with E-state index in [2.05, 4.69) is 10.4 Å². The summed E-state index contributed by atoms with van der Waals surface area (Å²) in [6, 6.07) is 0.323. The van der Waals surface area contributed by atoms with Gasteiger partial charge in [0.15, 0.2) is 0 Å². The second kappa shape index (κ2) is 5.06. The molecule has 1 fully saturated rings. The van der Waals surface area contributed by atoms with Crippen molar-refractivity contribution >= 4 is 5.69 Å². The predicted octanol–water partition coefficient (Wildman–Crippen LogP) is 1.43. The number of hydrogen-bond donors (Lipinski definition) is 1. The summed E-state index contributed by atoms with van der Waals surface area (Å²) < 4.78 is 1.67. The first-order valence-electron chi connectivity index (χ1n) is 6.44. The van der Waals surface area contributed by atoms with E-state index >= 15 is 0 Å². The van der Waals surface area contributed by atoms with Crippen molar-refractivity contribution < 1.29 is 4.92 Å². The Hall–Kier alpha value is -1.43. The third-order valence-corrected chi connectivity index (χ3v) is 3.70. The molecule has 0 saturated heterocycles. The van der Waals surface area contributed by atoms with Gasteiger partial charge >= 0.3 is 5.69 Å². The van der Waals surface area contributed by atoms with Crippen LogP contribution in [0.15, 0.2) is 0 Å². The molecule has 0 bridgehead atoms. The third kappa shape index (κ3) is 2.38. The van der Waals surface area contributed by atoms with Crippen molar-refractivity contribution in [3.8, 4) is 0 Å². The Labute approximate surface area is 107 Å². The number of aryl methyl sites for hydroxylation is 2. The average molecular weight is 252 g/mol. The molecule has 0 aromatic carbocycles. The molecule has 0 spiro atoms. The summed E-state index contributed by atoms with van der Waals surface area (Å²) in [6.45, 7) is 1.90. The van der Waals surface area contributed by atoms with Crippen LogP contribution in [0.1, 0.15) is 31.2 Å². The number of rotatable bonds is 6. The van der Waals surface area contributed by atoms with Crippen molar-refractivity contribution in [2.24, 2.45) is 13.0 Å². The largest absolute Gasteiger partial charge is 0.316 e. The molecule has 2 rings (SSSR count). The topological polar surface area (TPSA) is 73.0 Å². The van der Waals surface area contributed by atoms with Crippen LogP contribution in [0.5, 0.6) is 0 Å². The minimum atomic E-state index is -0.291. The van der Waals surface area contributed by atoms with E-state index in [1.165, 1.54) is 12.8 Å². The van der Waals surface area contributed by atoms with E-state index < -0.39 is 0 Å². The van der Waals surface area contributed by atoms with Gasteiger partial charge in [-0.1, -0.05) is 6.92 Å². The van der Waals surface area contributed by atoms with E-state index in [0.29, 0.717) is 30.5 Å². The highest BCUT2D eigenvalue weighted by molar-refractivity contribution is 5.42. The van der Waals surface area contributed by atoms with Crippen molar-refractivity contribution in [1.82, 2.24) is 15.1 Å². The highest BCUT2D eigenvalue weighted by atomic mass is 16.6. The fourth-order valence-electron chi connectivity index (χ4n) is 2.50. The molecule has 1 aromatic heterocycles. The Morgan fingerprint density at radius 1 is 1.61 bits per heavy atom. The summed E-state index contributed by atoms with van der Waals surface area (Å²) in [5, 5.41) is 18.7. The average Bonchev–Trinajstić information content (AvgIpc) is 3.11. The van der Waals surface area contributed by atoms with Crippen LogP contribution in [0.25, 0.3) is 0 Å². The van der Waals surface area contributed by atoms with Crippen molar-refractivity contribution in [2.75, 3.05) is 7.05 Å². The maximum absolute atomic E-state index is 11.2. The van der Waals surface area contributed by atoms with Gasteiger partial charge in [-0.2, -0.15) is 5.10 Å². The van der Waals surface area contributed by atoms with Gasteiger partial charge in [-0.15, -0.1) is 0 Å². The number of nitro groups is 1. The Kier molecular flexibility index (Phi) is 3.65. The van der Waals surface area contributed by atoms with Gasteiger partial charge in [0.25, 0.3) is 0 Å². The van der Waals surface area contributed by atoms with Crippen molar-refractivity contribution in [2.45, 2.75) is 38.6 Å². The zero-order valence-corrected chi connectivity index (χ0v) is 11.1. The number of nitrogens with zero attached hydrogens (tertiary/aromatic N) is 3. The summed E-state index contributed by atoms with van der Waals surface area (Å²) in [5.41, 5.74) is 1.53. The number of aromatic nitrogens is 2. The fraction of sp³-hybridized carbons (Fsp3) is 0.750. The molecule has 1 unspecified atom stereocenters. The molecule has 6 nitrogen and oxygen atoms in total. The second-order valence-corrected chi connectivity index (χ2v) is 4.91. The molecule has 0 amide bonds. The monoisotopic (exact) mass is 252 g/mol. The van der Waals surface area contributed by atoms with Crippen LogP contribution in [0.4, 0.5) is 5.69 Å². The van der Waals surface area contributed by atoms with E-state index in [-0.39, 0.29) is 10.6 Å². The maximum atomic E-state index is 11.2. The molecule has 0 radical (unpaired) electrons. The molecule has 1 aliphatic rings. The Balaban J connectivity index is 2.30. The lowest BCUT2D eigenvalue weighted by Gasteiger charge is -2.14. The zero-order chi connectivity index (χ0) is 13.3. The van der Waals surface area contributed by atoms with Crippen LogP contribution >= 0.6 is 0 Å². The molecule has 0 aliphatic heterocycles. The van der Waals surface area contributed by atoms with Crippen LogP contribution in [-0.4, -0.2) is 27.8 Å². The number of likely N-dealkylation sites (N-methyl/N-ethyl adjacent to an activating group) is 1. The summed E-state index contributed by atoms with van der Waals surface area (Å²) in [4.78, 5) is 10.9. The number of nitrogens with one attached hydrogen (secondary N) is 1. The smallest absolute Gasteiger partial charge is 0.313 e. The number of hydrogen-bond acceptors (Lipinski definition) is 4. The molecule has 1 saturated carbocycles. The van der Waals surface area contributed by atoms with Crippen LogP contribution in [0, 0.1) is 16.0 Å². The van der Waals surface area contributed by atoms with E-state index in [1.807, 2.05) is 14.0 Å². The van der Waals surface area contributed by atoms with E-state index in [9.17, 15) is 10.1 Å². The standard InChI is InChI=1S/C12H20N4O2/c1-4-9-12(16(17)18)11(15(3)14-9)7-10(13-2)8-5-6-8/h8,10,13H,4-7H2,1-3H3. The van der Waals surface area contributed by atoms with Gasteiger partial charge in [0.2, 0.25) is 0 Å². The maximum Gasteiger partial charge on any atom is 0.313 e.